The molecule has 0 bridgehead atoms. The van der Waals surface area contributed by atoms with Crippen molar-refractivity contribution in [3.05, 3.63) is 40.8 Å². The van der Waals surface area contributed by atoms with Crippen molar-refractivity contribution in [2.45, 2.75) is 25.8 Å². The number of anilines is 1. The van der Waals surface area contributed by atoms with Crippen LogP contribution < -0.4 is 4.90 Å². The molecule has 0 amide bonds. The molecule has 1 aromatic heterocycles. The maximum Gasteiger partial charge on any atom is 0.355 e. The third kappa shape index (κ3) is 3.16. The van der Waals surface area contributed by atoms with Crippen LogP contribution in [0.2, 0.25) is 0 Å². The van der Waals surface area contributed by atoms with Gasteiger partial charge in [0.1, 0.15) is 23.8 Å². The van der Waals surface area contributed by atoms with E-state index in [0.717, 1.165) is 28.8 Å². The van der Waals surface area contributed by atoms with Crippen molar-refractivity contribution in [1.29, 1.82) is 0 Å². The van der Waals surface area contributed by atoms with Crippen LogP contribution in [0.15, 0.2) is 33.9 Å². The smallest absolute Gasteiger partial charge is 0.355 e. The van der Waals surface area contributed by atoms with Crippen molar-refractivity contribution >= 4 is 28.6 Å². The number of esters is 2. The number of nitrogens with zero attached hydrogens (tertiary/aromatic N) is 2. The summed E-state index contributed by atoms with van der Waals surface area (Å²) in [6.45, 7) is 5.34. The molecule has 2 unspecified atom stereocenters. The first kappa shape index (κ1) is 20.4. The van der Waals surface area contributed by atoms with Crippen LogP contribution in [-0.2, 0) is 23.8 Å². The Hall–Kier alpha value is -2.84. The lowest BCUT2D eigenvalue weighted by Gasteiger charge is -2.33. The van der Waals surface area contributed by atoms with E-state index in [9.17, 15) is 9.59 Å². The van der Waals surface area contributed by atoms with E-state index in [-0.39, 0.29) is 36.6 Å². The van der Waals surface area contributed by atoms with Gasteiger partial charge >= 0.3 is 11.9 Å². The second kappa shape index (κ2) is 7.77. The van der Waals surface area contributed by atoms with Gasteiger partial charge in [0.25, 0.3) is 0 Å². The molecule has 0 fully saturated rings. The fourth-order valence-electron chi connectivity index (χ4n) is 4.33. The summed E-state index contributed by atoms with van der Waals surface area (Å²) in [6, 6.07) is 5.92. The van der Waals surface area contributed by atoms with E-state index in [2.05, 4.69) is 25.8 Å². The van der Waals surface area contributed by atoms with E-state index >= 15 is 0 Å². The van der Waals surface area contributed by atoms with Crippen molar-refractivity contribution in [3.63, 3.8) is 0 Å². The highest BCUT2D eigenvalue weighted by Gasteiger charge is 2.34. The Morgan fingerprint density at radius 3 is 2.57 bits per heavy atom. The van der Waals surface area contributed by atoms with Gasteiger partial charge in [-0.05, 0) is 32.2 Å². The zero-order valence-electron chi connectivity index (χ0n) is 17.9. The minimum absolute atomic E-state index is 0.0176. The Morgan fingerprint density at radius 1 is 1.13 bits per heavy atom. The summed E-state index contributed by atoms with van der Waals surface area (Å²) < 4.78 is 21.6. The number of rotatable bonds is 3. The summed E-state index contributed by atoms with van der Waals surface area (Å²) in [7, 11) is 4.66. The summed E-state index contributed by atoms with van der Waals surface area (Å²) >= 11 is 0. The maximum absolute atomic E-state index is 12.6. The number of fused-ring (bicyclic) bond motifs is 3. The first-order chi connectivity index (χ1) is 14.4. The molecule has 4 rings (SSSR count). The number of carbonyl (C=O) groups is 2. The Labute approximate surface area is 174 Å². The van der Waals surface area contributed by atoms with Crippen LogP contribution >= 0.6 is 0 Å². The predicted molar refractivity (Wildman–Crippen MR) is 110 cm³/mol. The van der Waals surface area contributed by atoms with Gasteiger partial charge in [0.2, 0.25) is 0 Å². The third-order valence-corrected chi connectivity index (χ3v) is 5.97. The lowest BCUT2D eigenvalue weighted by molar-refractivity contribution is -0.140. The van der Waals surface area contributed by atoms with Gasteiger partial charge in [0.05, 0.1) is 26.4 Å². The number of methoxy groups -OCH3 is 2. The van der Waals surface area contributed by atoms with Gasteiger partial charge in [-0.2, -0.15) is 0 Å². The monoisotopic (exact) mass is 414 g/mol. The van der Waals surface area contributed by atoms with Crippen molar-refractivity contribution in [2.24, 2.45) is 0 Å². The van der Waals surface area contributed by atoms with Gasteiger partial charge in [-0.1, -0.05) is 6.92 Å². The lowest BCUT2D eigenvalue weighted by atomic mass is 9.92. The van der Waals surface area contributed by atoms with Crippen LogP contribution in [0.25, 0.3) is 11.0 Å². The van der Waals surface area contributed by atoms with Crippen LogP contribution in [-0.4, -0.2) is 58.0 Å². The lowest BCUT2D eigenvalue weighted by Crippen LogP contribution is -2.38. The molecule has 2 aliphatic rings. The topological polar surface area (TPSA) is 81.5 Å². The molecule has 1 aromatic carbocycles. The maximum atomic E-state index is 12.6. The highest BCUT2D eigenvalue weighted by molar-refractivity contribution is 6.03. The van der Waals surface area contributed by atoms with Crippen molar-refractivity contribution in [2.75, 3.05) is 46.0 Å². The molecular formula is C22H26N2O6. The Balaban J connectivity index is 1.86. The number of hydrogen-bond donors (Lipinski definition) is 0. The summed E-state index contributed by atoms with van der Waals surface area (Å²) in [5.41, 5.74) is 2.92. The fourth-order valence-corrected chi connectivity index (χ4v) is 4.33. The SMILES string of the molecule is COC(=O)C1=C(C(=O)OC)N(c2ccc3oc4c(c3c2)C(C)N(C)CC4C)COC1. The summed E-state index contributed by atoms with van der Waals surface area (Å²) in [5, 5.41) is 0.989. The minimum Gasteiger partial charge on any atom is -0.466 e. The van der Waals surface area contributed by atoms with Gasteiger partial charge in [-0.3, -0.25) is 4.90 Å². The van der Waals surface area contributed by atoms with Crippen molar-refractivity contribution in [3.8, 4) is 0 Å². The van der Waals surface area contributed by atoms with E-state index in [1.165, 1.54) is 14.2 Å². The summed E-state index contributed by atoms with van der Waals surface area (Å²) in [4.78, 5) is 28.7. The van der Waals surface area contributed by atoms with Gasteiger partial charge in [-0.15, -0.1) is 0 Å². The van der Waals surface area contributed by atoms with Crippen LogP contribution in [0.5, 0.6) is 0 Å². The molecule has 160 valence electrons. The van der Waals surface area contributed by atoms with Gasteiger partial charge in [0, 0.05) is 35.1 Å². The number of likely N-dealkylation sites (N-methyl/N-ethyl adjacent to an activating group) is 1. The van der Waals surface area contributed by atoms with Crippen LogP contribution in [0.3, 0.4) is 0 Å². The normalized spacial score (nSPS) is 22.2. The Kier molecular flexibility index (Phi) is 5.29. The van der Waals surface area contributed by atoms with Crippen LogP contribution in [0, 0.1) is 0 Å². The number of carbonyl (C=O) groups excluding carboxylic acids is 2. The highest BCUT2D eigenvalue weighted by atomic mass is 16.5. The second-order valence-corrected chi connectivity index (χ2v) is 7.79. The largest absolute Gasteiger partial charge is 0.466 e. The summed E-state index contributed by atoms with van der Waals surface area (Å²) in [5.74, 6) is 0.0501. The molecule has 0 N–H and O–H groups in total. The number of benzene rings is 1. The van der Waals surface area contributed by atoms with Crippen LogP contribution in [0.1, 0.15) is 37.1 Å². The molecule has 0 saturated heterocycles. The van der Waals surface area contributed by atoms with Crippen LogP contribution in [0.4, 0.5) is 5.69 Å². The molecular weight excluding hydrogens is 388 g/mol. The Bertz CT molecular complexity index is 1040. The average molecular weight is 414 g/mol. The average Bonchev–Trinajstić information content (AvgIpc) is 3.15. The van der Waals surface area contributed by atoms with Gasteiger partial charge in [-0.25, -0.2) is 9.59 Å². The minimum atomic E-state index is -0.619. The zero-order valence-corrected chi connectivity index (χ0v) is 17.9. The van der Waals surface area contributed by atoms with Crippen molar-refractivity contribution in [1.82, 2.24) is 4.90 Å². The molecule has 8 nitrogen and oxygen atoms in total. The predicted octanol–water partition coefficient (Wildman–Crippen LogP) is 2.94. The Morgan fingerprint density at radius 2 is 1.87 bits per heavy atom. The van der Waals surface area contributed by atoms with E-state index in [4.69, 9.17) is 18.6 Å². The molecule has 3 heterocycles. The van der Waals surface area contributed by atoms with Gasteiger partial charge < -0.3 is 23.5 Å². The second-order valence-electron chi connectivity index (χ2n) is 7.79. The number of furan rings is 1. The van der Waals surface area contributed by atoms with E-state index in [1.54, 1.807) is 4.90 Å². The third-order valence-electron chi connectivity index (χ3n) is 5.97. The first-order valence-electron chi connectivity index (χ1n) is 9.89. The molecule has 2 aliphatic heterocycles. The highest BCUT2D eigenvalue weighted by Crippen LogP contribution is 2.43. The molecule has 0 saturated carbocycles. The molecule has 30 heavy (non-hydrogen) atoms. The molecule has 0 spiro atoms. The van der Waals surface area contributed by atoms with Crippen molar-refractivity contribution < 1.29 is 28.2 Å². The van der Waals surface area contributed by atoms with Gasteiger partial charge in [0.15, 0.2) is 0 Å². The van der Waals surface area contributed by atoms with E-state index < -0.39 is 11.9 Å². The number of ether oxygens (including phenoxy) is 3. The molecule has 8 heteroatoms. The van der Waals surface area contributed by atoms with E-state index in [1.807, 2.05) is 18.2 Å². The zero-order chi connectivity index (χ0) is 21.6. The molecule has 2 atom stereocenters. The fraction of sp³-hybridized carbons (Fsp3) is 0.455. The molecule has 0 aliphatic carbocycles. The molecule has 2 aromatic rings. The number of hydrogen-bond acceptors (Lipinski definition) is 8. The molecule has 0 radical (unpaired) electrons. The quantitative estimate of drug-likeness (QED) is 0.709. The summed E-state index contributed by atoms with van der Waals surface area (Å²) in [6.07, 6.45) is 0. The van der Waals surface area contributed by atoms with E-state index in [0.29, 0.717) is 5.69 Å². The first-order valence-corrected chi connectivity index (χ1v) is 9.89. The standard InChI is InChI=1S/C22H26N2O6/c1-12-9-23(3)13(2)18-15-8-14(6-7-17(15)30-20(12)18)24-11-29-10-16(21(25)27-4)19(24)22(26)28-5/h6-8,12-13H,9-11H2,1-5H3.